The molecule has 0 radical (unpaired) electrons. The minimum absolute atomic E-state index is 0.0122. The van der Waals surface area contributed by atoms with Crippen molar-refractivity contribution >= 4 is 23.4 Å². The number of anilines is 1. The van der Waals surface area contributed by atoms with E-state index in [9.17, 15) is 4.79 Å². The lowest BCUT2D eigenvalue weighted by atomic mass is 10.2. The molecule has 1 aliphatic heterocycles. The van der Waals surface area contributed by atoms with Crippen molar-refractivity contribution in [2.75, 3.05) is 30.5 Å². The summed E-state index contributed by atoms with van der Waals surface area (Å²) in [6.07, 6.45) is 0.506. The fraction of sp³-hybridized carbons (Fsp3) is 0.562. The predicted molar refractivity (Wildman–Crippen MR) is 91.1 cm³/mol. The van der Waals surface area contributed by atoms with Crippen LogP contribution < -0.4 is 20.1 Å². The number of ether oxygens (including phenoxy) is 2. The lowest BCUT2D eigenvalue weighted by Gasteiger charge is -2.23. The highest BCUT2D eigenvalue weighted by molar-refractivity contribution is 7.99. The van der Waals surface area contributed by atoms with Crippen molar-refractivity contribution in [1.29, 1.82) is 0 Å². The zero-order valence-corrected chi connectivity index (χ0v) is 14.2. The third-order valence-corrected chi connectivity index (χ3v) is 4.38. The Morgan fingerprint density at radius 1 is 1.50 bits per heavy atom. The summed E-state index contributed by atoms with van der Waals surface area (Å²) in [6, 6.07) is 5.67. The summed E-state index contributed by atoms with van der Waals surface area (Å²) in [5.74, 6) is 3.43. The van der Waals surface area contributed by atoms with Gasteiger partial charge >= 0.3 is 0 Å². The van der Waals surface area contributed by atoms with Crippen LogP contribution in [0.15, 0.2) is 18.2 Å². The van der Waals surface area contributed by atoms with Crippen molar-refractivity contribution in [3.05, 3.63) is 18.2 Å². The highest BCUT2D eigenvalue weighted by Crippen LogP contribution is 2.30. The first-order valence-electron chi connectivity index (χ1n) is 7.54. The molecule has 1 aromatic rings. The zero-order valence-electron chi connectivity index (χ0n) is 13.3. The van der Waals surface area contributed by atoms with Gasteiger partial charge in [-0.2, -0.15) is 11.8 Å². The molecule has 1 heterocycles. The number of thioether (sulfide) groups is 1. The molecule has 1 atom stereocenters. The third-order valence-electron chi connectivity index (χ3n) is 3.25. The van der Waals surface area contributed by atoms with Crippen LogP contribution in [0.1, 0.15) is 20.3 Å². The van der Waals surface area contributed by atoms with Crippen LogP contribution in [0.5, 0.6) is 11.5 Å². The van der Waals surface area contributed by atoms with Crippen LogP contribution in [0.3, 0.4) is 0 Å². The van der Waals surface area contributed by atoms with E-state index in [1.807, 2.05) is 37.7 Å². The molecule has 0 aliphatic carbocycles. The molecule has 22 heavy (non-hydrogen) atoms. The van der Waals surface area contributed by atoms with Gasteiger partial charge < -0.3 is 20.1 Å². The molecule has 0 spiro atoms. The maximum Gasteiger partial charge on any atom is 0.226 e. The number of hydrogen-bond acceptors (Lipinski definition) is 5. The second-order valence-corrected chi connectivity index (χ2v) is 6.66. The van der Waals surface area contributed by atoms with Crippen molar-refractivity contribution in [1.82, 2.24) is 5.32 Å². The van der Waals surface area contributed by atoms with E-state index in [2.05, 4.69) is 10.6 Å². The summed E-state index contributed by atoms with van der Waals surface area (Å²) in [4.78, 5) is 12.3. The highest BCUT2D eigenvalue weighted by atomic mass is 32.2. The summed E-state index contributed by atoms with van der Waals surface area (Å²) in [5.41, 5.74) is 0.654. The molecule has 1 saturated heterocycles. The Balaban J connectivity index is 2.03. The Labute approximate surface area is 136 Å². The van der Waals surface area contributed by atoms with E-state index in [1.54, 1.807) is 13.2 Å². The van der Waals surface area contributed by atoms with E-state index in [0.29, 0.717) is 23.6 Å². The number of methoxy groups -OCH3 is 1. The van der Waals surface area contributed by atoms with Gasteiger partial charge in [0.2, 0.25) is 5.91 Å². The SMILES string of the molecule is COc1ccc(OC(C)C)c(NC(=O)CC2CSCCN2)c1. The molecule has 5 nitrogen and oxygen atoms in total. The number of benzene rings is 1. The Bertz CT molecular complexity index is 502. The summed E-state index contributed by atoms with van der Waals surface area (Å²) in [7, 11) is 1.60. The van der Waals surface area contributed by atoms with Gasteiger partial charge in [-0.25, -0.2) is 0 Å². The van der Waals surface area contributed by atoms with Gasteiger partial charge in [0, 0.05) is 36.6 Å². The normalized spacial score (nSPS) is 18.1. The van der Waals surface area contributed by atoms with Gasteiger partial charge in [-0.05, 0) is 26.0 Å². The van der Waals surface area contributed by atoms with Crippen LogP contribution in [-0.2, 0) is 4.79 Å². The molecule has 0 saturated carbocycles. The summed E-state index contributed by atoms with van der Waals surface area (Å²) >= 11 is 1.88. The predicted octanol–water partition coefficient (Wildman–Crippen LogP) is 2.52. The van der Waals surface area contributed by atoms with E-state index in [4.69, 9.17) is 9.47 Å². The fourth-order valence-corrected chi connectivity index (χ4v) is 3.22. The first kappa shape index (κ1) is 17.0. The smallest absolute Gasteiger partial charge is 0.226 e. The van der Waals surface area contributed by atoms with Crippen molar-refractivity contribution in [3.63, 3.8) is 0 Å². The van der Waals surface area contributed by atoms with Gasteiger partial charge in [-0.1, -0.05) is 0 Å². The molecule has 0 bridgehead atoms. The van der Waals surface area contributed by atoms with Gasteiger partial charge in [-0.3, -0.25) is 4.79 Å². The molecule has 1 aromatic carbocycles. The van der Waals surface area contributed by atoms with E-state index in [1.165, 1.54) is 0 Å². The topological polar surface area (TPSA) is 59.6 Å². The quantitative estimate of drug-likeness (QED) is 0.842. The van der Waals surface area contributed by atoms with Crippen molar-refractivity contribution < 1.29 is 14.3 Å². The number of nitrogens with one attached hydrogen (secondary N) is 2. The number of hydrogen-bond donors (Lipinski definition) is 2. The van der Waals surface area contributed by atoms with Crippen molar-refractivity contribution in [2.45, 2.75) is 32.4 Å². The Morgan fingerprint density at radius 3 is 2.95 bits per heavy atom. The molecule has 2 rings (SSSR count). The van der Waals surface area contributed by atoms with Gasteiger partial charge in [0.25, 0.3) is 0 Å². The maximum absolute atomic E-state index is 12.3. The molecule has 1 aliphatic rings. The van der Waals surface area contributed by atoms with Gasteiger partial charge in [-0.15, -0.1) is 0 Å². The Kier molecular flexibility index (Phi) is 6.39. The monoisotopic (exact) mass is 324 g/mol. The van der Waals surface area contributed by atoms with Crippen LogP contribution in [0.25, 0.3) is 0 Å². The summed E-state index contributed by atoms with van der Waals surface area (Å²) in [5, 5.41) is 6.31. The molecule has 1 fully saturated rings. The van der Waals surface area contributed by atoms with E-state index in [0.717, 1.165) is 18.1 Å². The Morgan fingerprint density at radius 2 is 2.32 bits per heavy atom. The molecular formula is C16H24N2O3S. The van der Waals surface area contributed by atoms with E-state index >= 15 is 0 Å². The standard InChI is InChI=1S/C16H24N2O3S/c1-11(2)21-15-5-4-13(20-3)9-14(15)18-16(19)8-12-10-22-7-6-17-12/h4-5,9,11-12,17H,6-8,10H2,1-3H3,(H,18,19). The number of carbonyl (C=O) groups is 1. The van der Waals surface area contributed by atoms with Gasteiger partial charge in [0.1, 0.15) is 11.5 Å². The number of amides is 1. The first-order chi connectivity index (χ1) is 10.6. The van der Waals surface area contributed by atoms with Crippen LogP contribution in [0.4, 0.5) is 5.69 Å². The molecule has 1 unspecified atom stereocenters. The minimum Gasteiger partial charge on any atom is -0.497 e. The largest absolute Gasteiger partial charge is 0.497 e. The van der Waals surface area contributed by atoms with Crippen LogP contribution in [0, 0.1) is 0 Å². The van der Waals surface area contributed by atoms with Crippen molar-refractivity contribution in [3.8, 4) is 11.5 Å². The Hall–Kier alpha value is -1.40. The summed E-state index contributed by atoms with van der Waals surface area (Å²) < 4.78 is 11.0. The summed E-state index contributed by atoms with van der Waals surface area (Å²) in [6.45, 7) is 4.88. The average Bonchev–Trinajstić information content (AvgIpc) is 2.49. The second-order valence-electron chi connectivity index (χ2n) is 5.51. The number of carbonyl (C=O) groups excluding carboxylic acids is 1. The molecule has 0 aromatic heterocycles. The molecule has 1 amide bonds. The average molecular weight is 324 g/mol. The highest BCUT2D eigenvalue weighted by Gasteiger charge is 2.18. The van der Waals surface area contributed by atoms with Crippen LogP contribution in [-0.4, -0.2) is 43.2 Å². The van der Waals surface area contributed by atoms with Gasteiger partial charge in [0.15, 0.2) is 0 Å². The van der Waals surface area contributed by atoms with Crippen LogP contribution in [0.2, 0.25) is 0 Å². The maximum atomic E-state index is 12.3. The molecule has 2 N–H and O–H groups in total. The van der Waals surface area contributed by atoms with Crippen molar-refractivity contribution in [2.24, 2.45) is 0 Å². The molecule has 6 heteroatoms. The van der Waals surface area contributed by atoms with Gasteiger partial charge in [0.05, 0.1) is 18.9 Å². The van der Waals surface area contributed by atoms with E-state index < -0.39 is 0 Å². The lowest BCUT2D eigenvalue weighted by Crippen LogP contribution is -2.39. The molecular weight excluding hydrogens is 300 g/mol. The van der Waals surface area contributed by atoms with E-state index in [-0.39, 0.29) is 18.1 Å². The molecule has 122 valence electrons. The lowest BCUT2D eigenvalue weighted by molar-refractivity contribution is -0.116. The fourth-order valence-electron chi connectivity index (χ4n) is 2.27. The van der Waals surface area contributed by atoms with Crippen LogP contribution >= 0.6 is 11.8 Å². The first-order valence-corrected chi connectivity index (χ1v) is 8.69. The minimum atomic E-state index is -0.0122. The zero-order chi connectivity index (χ0) is 15.9. The second kappa shape index (κ2) is 8.29. The number of rotatable bonds is 6. The third kappa shape index (κ3) is 5.10.